The number of nitrogens with zero attached hydrogens (tertiary/aromatic N) is 2. The quantitative estimate of drug-likeness (QED) is 0.753. The number of fused-ring (bicyclic) bond motifs is 3. The average Bonchev–Trinajstić information content (AvgIpc) is 2.97. The Labute approximate surface area is 157 Å². The largest absolute Gasteiger partial charge is 0.479 e. The number of benzene rings is 1. The molecule has 4 rings (SSSR count). The summed E-state index contributed by atoms with van der Waals surface area (Å²) in [5.74, 6) is 0.602. The van der Waals surface area contributed by atoms with Gasteiger partial charge in [0, 0.05) is 18.9 Å². The molecule has 0 spiro atoms. The van der Waals surface area contributed by atoms with Crippen LogP contribution in [0.1, 0.15) is 36.3 Å². The number of hydrogen-bond donors (Lipinski definition) is 1. The lowest BCUT2D eigenvalue weighted by molar-refractivity contribution is -0.162. The van der Waals surface area contributed by atoms with E-state index in [-0.39, 0.29) is 0 Å². The number of hydrogen-bond acceptors (Lipinski definition) is 4. The molecule has 1 aliphatic rings. The first-order chi connectivity index (χ1) is 12.5. The van der Waals surface area contributed by atoms with Crippen LogP contribution in [0.5, 0.6) is 5.75 Å². The fraction of sp³-hybridized carbons (Fsp3) is 0.350. The summed E-state index contributed by atoms with van der Waals surface area (Å²) >= 11 is 6.37. The molecule has 1 N–H and O–H groups in total. The van der Waals surface area contributed by atoms with Crippen molar-refractivity contribution in [3.05, 3.63) is 64.6 Å². The van der Waals surface area contributed by atoms with Crippen molar-refractivity contribution in [3.8, 4) is 5.75 Å². The Kier molecular flexibility index (Phi) is 4.18. The molecule has 1 aliphatic heterocycles. The average molecular weight is 373 g/mol. The predicted octanol–water partition coefficient (Wildman–Crippen LogP) is 4.04. The van der Waals surface area contributed by atoms with E-state index in [4.69, 9.17) is 21.1 Å². The second-order valence-corrected chi connectivity index (χ2v) is 6.94. The van der Waals surface area contributed by atoms with Crippen molar-refractivity contribution in [2.75, 3.05) is 7.11 Å². The first-order valence-corrected chi connectivity index (χ1v) is 9.03. The minimum atomic E-state index is -0.887. The van der Waals surface area contributed by atoms with E-state index >= 15 is 0 Å². The minimum Gasteiger partial charge on any atom is -0.479 e. The lowest BCUT2D eigenvalue weighted by Gasteiger charge is -2.45. The van der Waals surface area contributed by atoms with Crippen LogP contribution < -0.4 is 4.74 Å². The van der Waals surface area contributed by atoms with Crippen molar-refractivity contribution in [2.24, 2.45) is 0 Å². The maximum Gasteiger partial charge on any atom is 0.181 e. The number of aliphatic hydroxyl groups is 1. The van der Waals surface area contributed by atoms with Gasteiger partial charge in [-0.05, 0) is 25.0 Å². The number of aliphatic hydroxyl groups excluding tert-OH is 1. The molecular weight excluding hydrogens is 352 g/mol. The van der Waals surface area contributed by atoms with Crippen LogP contribution in [-0.4, -0.2) is 27.7 Å². The second kappa shape index (κ2) is 6.27. The molecule has 6 heteroatoms. The van der Waals surface area contributed by atoms with Crippen molar-refractivity contribution in [1.29, 1.82) is 0 Å². The summed E-state index contributed by atoms with van der Waals surface area (Å²) in [6, 6.07) is 11.6. The fourth-order valence-corrected chi connectivity index (χ4v) is 4.06. The Morgan fingerprint density at radius 1 is 1.31 bits per heavy atom. The van der Waals surface area contributed by atoms with E-state index in [9.17, 15) is 5.11 Å². The van der Waals surface area contributed by atoms with E-state index in [0.29, 0.717) is 23.0 Å². The molecule has 0 saturated heterocycles. The molecule has 0 bridgehead atoms. The molecule has 0 amide bonds. The molecule has 26 heavy (non-hydrogen) atoms. The van der Waals surface area contributed by atoms with E-state index in [1.54, 1.807) is 11.5 Å². The van der Waals surface area contributed by atoms with Crippen molar-refractivity contribution in [1.82, 2.24) is 9.38 Å². The molecule has 3 heterocycles. The number of methoxy groups -OCH3 is 1. The van der Waals surface area contributed by atoms with Gasteiger partial charge < -0.3 is 14.6 Å². The van der Waals surface area contributed by atoms with Gasteiger partial charge in [-0.2, -0.15) is 0 Å². The van der Waals surface area contributed by atoms with Crippen LogP contribution in [0.15, 0.2) is 42.6 Å². The van der Waals surface area contributed by atoms with E-state index in [0.717, 1.165) is 16.8 Å². The molecule has 2 aromatic heterocycles. The van der Waals surface area contributed by atoms with Crippen molar-refractivity contribution in [3.63, 3.8) is 0 Å². The Morgan fingerprint density at radius 2 is 2.04 bits per heavy atom. The van der Waals surface area contributed by atoms with Gasteiger partial charge in [-0.1, -0.05) is 48.9 Å². The highest BCUT2D eigenvalue weighted by Gasteiger charge is 2.50. The Morgan fingerprint density at radius 3 is 2.69 bits per heavy atom. The maximum atomic E-state index is 11.2. The molecule has 0 radical (unpaired) electrons. The van der Waals surface area contributed by atoms with Gasteiger partial charge in [0.2, 0.25) is 0 Å². The molecule has 0 aliphatic carbocycles. The summed E-state index contributed by atoms with van der Waals surface area (Å²) in [6.07, 6.45) is 1.01. The van der Waals surface area contributed by atoms with E-state index < -0.39 is 17.8 Å². The highest BCUT2D eigenvalue weighted by molar-refractivity contribution is 6.30. The summed E-state index contributed by atoms with van der Waals surface area (Å²) in [5, 5.41) is 11.8. The molecule has 1 aromatic carbocycles. The van der Waals surface area contributed by atoms with Gasteiger partial charge in [0.15, 0.2) is 17.5 Å². The van der Waals surface area contributed by atoms with Crippen LogP contribution in [0, 0.1) is 6.92 Å². The first kappa shape index (κ1) is 17.3. The lowest BCUT2D eigenvalue weighted by atomic mass is 9.79. The maximum absolute atomic E-state index is 11.2. The number of ether oxygens (including phenoxy) is 2. The van der Waals surface area contributed by atoms with Gasteiger partial charge in [-0.15, -0.1) is 0 Å². The predicted molar refractivity (Wildman–Crippen MR) is 99.7 cm³/mol. The van der Waals surface area contributed by atoms with Crippen molar-refractivity contribution in [2.45, 2.75) is 38.1 Å². The van der Waals surface area contributed by atoms with Gasteiger partial charge in [0.25, 0.3) is 0 Å². The SMILES string of the molecule is CC[C@]1(OC)c2ccn3c(Cl)c(C)nc3c2O[C@H](c2ccccc2)[C@H]1O. The first-order valence-electron chi connectivity index (χ1n) is 8.66. The number of pyridine rings is 1. The van der Waals surface area contributed by atoms with Gasteiger partial charge in [0.05, 0.1) is 5.69 Å². The summed E-state index contributed by atoms with van der Waals surface area (Å²) in [5.41, 5.74) is 2.15. The molecular formula is C20H21ClN2O3. The molecule has 0 saturated carbocycles. The molecule has 136 valence electrons. The number of aromatic nitrogens is 2. The highest BCUT2D eigenvalue weighted by atomic mass is 35.5. The smallest absolute Gasteiger partial charge is 0.181 e. The molecule has 5 nitrogen and oxygen atoms in total. The van der Waals surface area contributed by atoms with Crippen molar-refractivity contribution < 1.29 is 14.6 Å². The van der Waals surface area contributed by atoms with Crippen LogP contribution in [0.2, 0.25) is 5.15 Å². The van der Waals surface area contributed by atoms with Crippen molar-refractivity contribution >= 4 is 17.2 Å². The normalized spacial score (nSPS) is 25.1. The zero-order valence-electron chi connectivity index (χ0n) is 14.9. The second-order valence-electron chi connectivity index (χ2n) is 6.58. The van der Waals surface area contributed by atoms with Crippen LogP contribution in [-0.2, 0) is 10.3 Å². The van der Waals surface area contributed by atoms with Crippen LogP contribution >= 0.6 is 11.6 Å². The number of halogens is 1. The topological polar surface area (TPSA) is 56.0 Å². The third-order valence-corrected chi connectivity index (χ3v) is 5.79. The lowest BCUT2D eigenvalue weighted by Crippen LogP contribution is -2.49. The van der Waals surface area contributed by atoms with Crippen LogP contribution in [0.3, 0.4) is 0 Å². The third kappa shape index (κ3) is 2.28. The summed E-state index contributed by atoms with van der Waals surface area (Å²) in [6.45, 7) is 3.86. The van der Waals surface area contributed by atoms with E-state index in [1.165, 1.54) is 0 Å². The zero-order chi connectivity index (χ0) is 18.5. The van der Waals surface area contributed by atoms with Crippen LogP contribution in [0.4, 0.5) is 0 Å². The molecule has 3 aromatic rings. The van der Waals surface area contributed by atoms with Crippen LogP contribution in [0.25, 0.3) is 5.65 Å². The van der Waals surface area contributed by atoms with Gasteiger partial charge in [0.1, 0.15) is 16.9 Å². The molecule has 3 atom stereocenters. The fourth-order valence-electron chi connectivity index (χ4n) is 3.88. The number of imidazole rings is 1. The zero-order valence-corrected chi connectivity index (χ0v) is 15.7. The molecule has 0 unspecified atom stereocenters. The standard InChI is InChI=1S/C20H21ClN2O3/c1-4-20(25-3)14-10-11-23-18(21)12(2)22-19(23)16(14)26-15(17(20)24)13-8-6-5-7-9-13/h5-11,15,17,24H,4H2,1-3H3/t15-,17-,20+/m1/s1. The van der Waals surface area contributed by atoms with Gasteiger partial charge in [-0.3, -0.25) is 4.40 Å². The minimum absolute atomic E-state index is 0.549. The third-order valence-electron chi connectivity index (χ3n) is 5.33. The van der Waals surface area contributed by atoms with E-state index in [1.807, 2.05) is 56.4 Å². The Balaban J connectivity index is 1.99. The Hall–Kier alpha value is -2.08. The highest BCUT2D eigenvalue weighted by Crippen LogP contribution is 2.50. The number of rotatable bonds is 3. The summed E-state index contributed by atoms with van der Waals surface area (Å²) in [4.78, 5) is 4.58. The Bertz CT molecular complexity index is 951. The number of aryl methyl sites for hydroxylation is 1. The monoisotopic (exact) mass is 372 g/mol. The van der Waals surface area contributed by atoms with E-state index in [2.05, 4.69) is 4.98 Å². The summed E-state index contributed by atoms with van der Waals surface area (Å²) in [7, 11) is 1.62. The van der Waals surface area contributed by atoms with Gasteiger partial charge in [-0.25, -0.2) is 4.98 Å². The van der Waals surface area contributed by atoms with Gasteiger partial charge >= 0.3 is 0 Å². The molecule has 0 fully saturated rings. The summed E-state index contributed by atoms with van der Waals surface area (Å²) < 4.78 is 14.0.